The molecule has 4 nitrogen and oxygen atoms in total. The van der Waals surface area contributed by atoms with Crippen LogP contribution in [0.25, 0.3) is 94.7 Å². The Morgan fingerprint density at radius 2 is 0.811 bits per heavy atom. The van der Waals surface area contributed by atoms with E-state index in [0.29, 0.717) is 34.2 Å². The minimum atomic E-state index is -0.148. The molecule has 0 aliphatic rings. The number of rotatable bonds is 6. The molecule has 0 saturated carbocycles. The highest BCUT2D eigenvalue weighted by Crippen LogP contribution is 2.37. The molecule has 0 aliphatic carbocycles. The molecule has 10 rings (SSSR count). The molecule has 4 heteroatoms. The minimum Gasteiger partial charge on any atom is -0.309 e. The summed E-state index contributed by atoms with van der Waals surface area (Å²) in [5.41, 5.74) is 7.60. The standard InChI is InChI=1S/C49H32N4/c1-4-14-33(15-5-1)40-30-41(32-42(31-40)53-45-22-12-10-20-43(45)44-21-11-13-23-46(44)53)38-25-24-37-29-39(27-26-36(37)28-38)49-51-47(34-16-6-2-7-17-34)50-48(52-49)35-18-8-3-9-19-35/h1-32H/i10D,11D,20D,21D,22D,23D. The second kappa shape index (κ2) is 12.9. The lowest BCUT2D eigenvalue weighted by molar-refractivity contribution is 1.07. The third-order valence-electron chi connectivity index (χ3n) is 9.54. The summed E-state index contributed by atoms with van der Waals surface area (Å²) in [5, 5.41) is 2.45. The average Bonchev–Trinajstić information content (AvgIpc) is 3.66. The van der Waals surface area contributed by atoms with Crippen LogP contribution in [0.3, 0.4) is 0 Å². The summed E-state index contributed by atoms with van der Waals surface area (Å²) in [6, 6.07) is 50.4. The van der Waals surface area contributed by atoms with Gasteiger partial charge in [0, 0.05) is 33.2 Å². The summed E-state index contributed by atoms with van der Waals surface area (Å²) in [6.45, 7) is 0. The Hall–Kier alpha value is -7.17. The molecule has 0 atom stereocenters. The van der Waals surface area contributed by atoms with Gasteiger partial charge >= 0.3 is 0 Å². The fourth-order valence-electron chi connectivity index (χ4n) is 6.98. The lowest BCUT2D eigenvalue weighted by Gasteiger charge is -2.14. The predicted molar refractivity (Wildman–Crippen MR) is 219 cm³/mol. The summed E-state index contributed by atoms with van der Waals surface area (Å²) in [6.07, 6.45) is 0. The fraction of sp³-hybridized carbons (Fsp3) is 0. The second-order valence-electron chi connectivity index (χ2n) is 12.8. The molecule has 0 aliphatic heterocycles. The van der Waals surface area contributed by atoms with E-state index in [0.717, 1.165) is 49.7 Å². The van der Waals surface area contributed by atoms with Gasteiger partial charge in [0.25, 0.3) is 0 Å². The Labute approximate surface area is 315 Å². The van der Waals surface area contributed by atoms with Crippen LogP contribution in [0.1, 0.15) is 8.22 Å². The van der Waals surface area contributed by atoms with Crippen molar-refractivity contribution in [1.29, 1.82) is 0 Å². The molecule has 8 aromatic carbocycles. The number of fused-ring (bicyclic) bond motifs is 4. The Balaban J connectivity index is 1.14. The maximum atomic E-state index is 9.03. The largest absolute Gasteiger partial charge is 0.309 e. The van der Waals surface area contributed by atoms with Crippen LogP contribution in [0.2, 0.25) is 0 Å². The van der Waals surface area contributed by atoms with Crippen molar-refractivity contribution in [3.63, 3.8) is 0 Å². The van der Waals surface area contributed by atoms with E-state index < -0.39 is 0 Å². The first kappa shape index (κ1) is 24.9. The predicted octanol–water partition coefficient (Wildman–Crippen LogP) is 12.5. The van der Waals surface area contributed by atoms with Crippen molar-refractivity contribution >= 4 is 32.6 Å². The van der Waals surface area contributed by atoms with Crippen LogP contribution in [0.15, 0.2) is 194 Å². The van der Waals surface area contributed by atoms with Crippen LogP contribution < -0.4 is 0 Å². The Bertz CT molecular complexity index is 3150. The molecule has 0 unspecified atom stereocenters. The zero-order chi connectivity index (χ0) is 40.4. The molecular weight excluding hydrogens is 645 g/mol. The van der Waals surface area contributed by atoms with E-state index in [1.54, 1.807) is 4.57 Å². The SMILES string of the molecule is [2H]c1cc([2H])c2c(c1[2H])c1c([2H])c([2H])cc([2H])c1n2-c1cc(-c2ccccc2)cc(-c2ccc3cc(-c4nc(-c5ccccc5)nc(-c5ccccc5)n4)ccc3c2)c1. The zero-order valence-electron chi connectivity index (χ0n) is 34.3. The van der Waals surface area contributed by atoms with Gasteiger partial charge in [0.15, 0.2) is 17.5 Å². The quantitative estimate of drug-likeness (QED) is 0.175. The third-order valence-corrected chi connectivity index (χ3v) is 9.54. The van der Waals surface area contributed by atoms with Crippen molar-refractivity contribution in [2.24, 2.45) is 0 Å². The molecule has 0 radical (unpaired) electrons. The topological polar surface area (TPSA) is 43.6 Å². The number of benzene rings is 8. The first-order valence-corrected chi connectivity index (χ1v) is 17.4. The van der Waals surface area contributed by atoms with Crippen LogP contribution in [-0.2, 0) is 0 Å². The molecule has 248 valence electrons. The highest BCUT2D eigenvalue weighted by atomic mass is 15.0. The van der Waals surface area contributed by atoms with Gasteiger partial charge in [-0.05, 0) is 75.4 Å². The second-order valence-corrected chi connectivity index (χ2v) is 12.8. The lowest BCUT2D eigenvalue weighted by Crippen LogP contribution is -2.00. The summed E-state index contributed by atoms with van der Waals surface area (Å²) in [5.74, 6) is 1.75. The molecule has 10 aromatic rings. The number of hydrogen-bond acceptors (Lipinski definition) is 3. The number of para-hydroxylation sites is 2. The maximum Gasteiger partial charge on any atom is 0.164 e. The van der Waals surface area contributed by atoms with Crippen LogP contribution in [-0.4, -0.2) is 19.5 Å². The van der Waals surface area contributed by atoms with Gasteiger partial charge in [-0.1, -0.05) is 152 Å². The Morgan fingerprint density at radius 3 is 1.36 bits per heavy atom. The van der Waals surface area contributed by atoms with Gasteiger partial charge < -0.3 is 4.57 Å². The molecule has 0 amide bonds. The molecule has 2 aromatic heterocycles. The zero-order valence-corrected chi connectivity index (χ0v) is 28.3. The molecule has 0 saturated heterocycles. The van der Waals surface area contributed by atoms with Crippen LogP contribution in [0.5, 0.6) is 0 Å². The molecule has 0 N–H and O–H groups in total. The van der Waals surface area contributed by atoms with Gasteiger partial charge in [-0.25, -0.2) is 15.0 Å². The highest BCUT2D eigenvalue weighted by Gasteiger charge is 2.16. The van der Waals surface area contributed by atoms with Crippen molar-refractivity contribution in [2.75, 3.05) is 0 Å². The van der Waals surface area contributed by atoms with Crippen molar-refractivity contribution < 1.29 is 8.22 Å². The first-order chi connectivity index (χ1) is 28.7. The number of hydrogen-bond donors (Lipinski definition) is 0. The summed E-state index contributed by atoms with van der Waals surface area (Å²) in [4.78, 5) is 14.7. The van der Waals surface area contributed by atoms with E-state index in [4.69, 9.17) is 23.2 Å². The van der Waals surface area contributed by atoms with E-state index in [9.17, 15) is 0 Å². The van der Waals surface area contributed by atoms with Gasteiger partial charge in [0.1, 0.15) is 0 Å². The van der Waals surface area contributed by atoms with E-state index in [2.05, 4.69) is 36.4 Å². The summed E-state index contributed by atoms with van der Waals surface area (Å²) >= 11 is 0. The Morgan fingerprint density at radius 1 is 0.358 bits per heavy atom. The number of aromatic nitrogens is 4. The van der Waals surface area contributed by atoms with E-state index in [1.807, 2.05) is 109 Å². The molecule has 53 heavy (non-hydrogen) atoms. The summed E-state index contributed by atoms with van der Waals surface area (Å²) in [7, 11) is 0. The van der Waals surface area contributed by atoms with Crippen molar-refractivity contribution in [2.45, 2.75) is 0 Å². The van der Waals surface area contributed by atoms with E-state index >= 15 is 0 Å². The Kier molecular flexibility index (Phi) is 6.04. The normalized spacial score (nSPS) is 13.0. The maximum absolute atomic E-state index is 9.03. The minimum absolute atomic E-state index is 0.000611. The van der Waals surface area contributed by atoms with Gasteiger partial charge in [-0.15, -0.1) is 0 Å². The molecule has 0 fully saturated rings. The third kappa shape index (κ3) is 5.63. The van der Waals surface area contributed by atoms with Crippen molar-refractivity contribution in [3.05, 3.63) is 194 Å². The van der Waals surface area contributed by atoms with E-state index in [-0.39, 0.29) is 47.0 Å². The first-order valence-electron chi connectivity index (χ1n) is 20.4. The van der Waals surface area contributed by atoms with Gasteiger partial charge in [-0.3, -0.25) is 0 Å². The summed E-state index contributed by atoms with van der Waals surface area (Å²) < 4.78 is 54.5. The molecule has 0 bridgehead atoms. The van der Waals surface area contributed by atoms with Crippen LogP contribution in [0, 0.1) is 0 Å². The molecular formula is C49H32N4. The molecule has 0 spiro atoms. The van der Waals surface area contributed by atoms with Gasteiger partial charge in [-0.2, -0.15) is 0 Å². The lowest BCUT2D eigenvalue weighted by atomic mass is 9.95. The van der Waals surface area contributed by atoms with Crippen molar-refractivity contribution in [3.8, 4) is 62.1 Å². The highest BCUT2D eigenvalue weighted by molar-refractivity contribution is 6.09. The van der Waals surface area contributed by atoms with Crippen LogP contribution >= 0.6 is 0 Å². The number of nitrogens with zero attached hydrogens (tertiary/aromatic N) is 4. The van der Waals surface area contributed by atoms with Gasteiger partial charge in [0.05, 0.1) is 19.3 Å². The molecule has 2 heterocycles. The fourth-order valence-corrected chi connectivity index (χ4v) is 6.98. The smallest absolute Gasteiger partial charge is 0.164 e. The van der Waals surface area contributed by atoms with Crippen molar-refractivity contribution in [1.82, 2.24) is 19.5 Å². The van der Waals surface area contributed by atoms with E-state index in [1.165, 1.54) is 12.1 Å². The average molecular weight is 683 g/mol. The monoisotopic (exact) mass is 682 g/mol. The van der Waals surface area contributed by atoms with Gasteiger partial charge in [0.2, 0.25) is 0 Å². The van der Waals surface area contributed by atoms with Crippen LogP contribution in [0.4, 0.5) is 0 Å².